The Morgan fingerprint density at radius 1 is 1.31 bits per heavy atom. The minimum atomic E-state index is -0.193. The van der Waals surface area contributed by atoms with Crippen LogP contribution in [0.25, 0.3) is 11.4 Å². The predicted octanol–water partition coefficient (Wildman–Crippen LogP) is 2.84. The van der Waals surface area contributed by atoms with Gasteiger partial charge >= 0.3 is 0 Å². The molecular weight excluding hydrogens is 331 g/mol. The van der Waals surface area contributed by atoms with E-state index in [1.54, 1.807) is 25.4 Å². The van der Waals surface area contributed by atoms with E-state index in [4.69, 9.17) is 0 Å². The number of nitrogens with zero attached hydrogens (tertiary/aromatic N) is 3. The monoisotopic (exact) mass is 350 g/mol. The first kappa shape index (κ1) is 16.6. The summed E-state index contributed by atoms with van der Waals surface area (Å²) in [6.07, 6.45) is 4.10. The maximum absolute atomic E-state index is 13.4. The fourth-order valence-corrected chi connectivity index (χ4v) is 3.32. The van der Waals surface area contributed by atoms with Crippen LogP contribution in [0.4, 0.5) is 4.39 Å². The largest absolute Gasteiger partial charge is 0.306 e. The van der Waals surface area contributed by atoms with Crippen molar-refractivity contribution in [3.8, 4) is 11.4 Å². The Morgan fingerprint density at radius 2 is 2.19 bits per heavy atom. The average molecular weight is 350 g/mol. The van der Waals surface area contributed by atoms with Crippen LogP contribution in [-0.4, -0.2) is 26.4 Å². The van der Waals surface area contributed by atoms with Crippen molar-refractivity contribution in [1.82, 2.24) is 19.9 Å². The van der Waals surface area contributed by atoms with E-state index < -0.39 is 0 Å². The van der Waals surface area contributed by atoms with Gasteiger partial charge in [-0.05, 0) is 36.2 Å². The topological polar surface area (TPSA) is 61.9 Å². The van der Waals surface area contributed by atoms with Gasteiger partial charge in [-0.15, -0.1) is 0 Å². The normalized spacial score (nSPS) is 14.2. The summed E-state index contributed by atoms with van der Waals surface area (Å²) >= 11 is 0. The van der Waals surface area contributed by atoms with Gasteiger partial charge in [0.1, 0.15) is 11.6 Å². The van der Waals surface area contributed by atoms with Gasteiger partial charge < -0.3 is 4.98 Å². The molecular formula is C20H19FN4O. The predicted molar refractivity (Wildman–Crippen MR) is 97.0 cm³/mol. The molecule has 0 unspecified atom stereocenters. The van der Waals surface area contributed by atoms with E-state index in [0.717, 1.165) is 23.4 Å². The molecule has 1 aromatic carbocycles. The van der Waals surface area contributed by atoms with E-state index in [2.05, 4.69) is 19.9 Å². The second-order valence-corrected chi connectivity index (χ2v) is 6.63. The molecule has 1 aliphatic heterocycles. The summed E-state index contributed by atoms with van der Waals surface area (Å²) in [4.78, 5) is 26.3. The smallest absolute Gasteiger partial charge is 0.255 e. The van der Waals surface area contributed by atoms with Crippen molar-refractivity contribution in [2.45, 2.75) is 26.4 Å². The molecule has 132 valence electrons. The summed E-state index contributed by atoms with van der Waals surface area (Å²) < 4.78 is 13.4. The highest BCUT2D eigenvalue weighted by Gasteiger charge is 2.21. The zero-order valence-electron chi connectivity index (χ0n) is 14.5. The Bertz CT molecular complexity index is 1000. The van der Waals surface area contributed by atoms with Crippen LogP contribution >= 0.6 is 0 Å². The molecule has 0 atom stereocenters. The van der Waals surface area contributed by atoms with Crippen LogP contribution in [-0.2, 0) is 19.5 Å². The van der Waals surface area contributed by atoms with Crippen molar-refractivity contribution in [3.05, 3.63) is 81.3 Å². The third kappa shape index (κ3) is 3.28. The highest BCUT2D eigenvalue weighted by molar-refractivity contribution is 5.53. The van der Waals surface area contributed by atoms with Gasteiger partial charge in [-0.25, -0.2) is 9.37 Å². The lowest BCUT2D eigenvalue weighted by atomic mass is 10.0. The first-order valence-corrected chi connectivity index (χ1v) is 8.60. The van der Waals surface area contributed by atoms with Gasteiger partial charge in [0.2, 0.25) is 0 Å². The molecule has 0 spiro atoms. The summed E-state index contributed by atoms with van der Waals surface area (Å²) in [5.74, 6) is 0.366. The van der Waals surface area contributed by atoms with E-state index in [1.807, 2.05) is 18.2 Å². The minimum Gasteiger partial charge on any atom is -0.306 e. The van der Waals surface area contributed by atoms with Gasteiger partial charge in [-0.3, -0.25) is 14.7 Å². The Labute approximate surface area is 150 Å². The number of aromatic amines is 1. The molecule has 26 heavy (non-hydrogen) atoms. The second kappa shape index (κ2) is 6.80. The number of fused-ring (bicyclic) bond motifs is 1. The van der Waals surface area contributed by atoms with E-state index >= 15 is 0 Å². The molecule has 3 heterocycles. The molecule has 1 aliphatic rings. The number of rotatable bonds is 3. The van der Waals surface area contributed by atoms with E-state index in [0.29, 0.717) is 36.5 Å². The SMILES string of the molecule is Cc1cc(CN2CCc3nc(-c4cccnc4)[nH]c(=O)c3C2)ccc1F. The summed E-state index contributed by atoms with van der Waals surface area (Å²) in [5, 5.41) is 0. The number of benzene rings is 1. The maximum atomic E-state index is 13.4. The number of nitrogens with one attached hydrogen (secondary N) is 1. The number of aromatic nitrogens is 3. The van der Waals surface area contributed by atoms with Crippen LogP contribution in [0.1, 0.15) is 22.4 Å². The van der Waals surface area contributed by atoms with Crippen LogP contribution in [0.15, 0.2) is 47.5 Å². The lowest BCUT2D eigenvalue weighted by Gasteiger charge is -2.27. The molecule has 3 aromatic rings. The summed E-state index contributed by atoms with van der Waals surface area (Å²) in [6, 6.07) is 8.85. The zero-order chi connectivity index (χ0) is 18.1. The molecule has 4 rings (SSSR count). The Morgan fingerprint density at radius 3 is 2.96 bits per heavy atom. The highest BCUT2D eigenvalue weighted by atomic mass is 19.1. The van der Waals surface area contributed by atoms with Gasteiger partial charge in [0.25, 0.3) is 5.56 Å². The highest BCUT2D eigenvalue weighted by Crippen LogP contribution is 2.20. The van der Waals surface area contributed by atoms with Gasteiger partial charge in [0, 0.05) is 44.0 Å². The van der Waals surface area contributed by atoms with E-state index in [1.165, 1.54) is 6.07 Å². The molecule has 1 N–H and O–H groups in total. The van der Waals surface area contributed by atoms with Crippen LogP contribution in [0, 0.1) is 12.7 Å². The van der Waals surface area contributed by atoms with E-state index in [9.17, 15) is 9.18 Å². The van der Waals surface area contributed by atoms with Gasteiger partial charge in [0.05, 0.1) is 11.3 Å². The molecule has 0 amide bonds. The molecule has 0 saturated heterocycles. The molecule has 2 aromatic heterocycles. The van der Waals surface area contributed by atoms with Crippen molar-refractivity contribution in [3.63, 3.8) is 0 Å². The lowest BCUT2D eigenvalue weighted by molar-refractivity contribution is 0.241. The van der Waals surface area contributed by atoms with Gasteiger partial charge in [0.15, 0.2) is 0 Å². The minimum absolute atomic E-state index is 0.103. The first-order valence-electron chi connectivity index (χ1n) is 8.60. The number of H-pyrrole nitrogens is 1. The molecule has 0 bridgehead atoms. The average Bonchev–Trinajstić information content (AvgIpc) is 2.66. The van der Waals surface area contributed by atoms with Crippen molar-refractivity contribution in [2.24, 2.45) is 0 Å². The van der Waals surface area contributed by atoms with Crippen LogP contribution in [0.2, 0.25) is 0 Å². The number of aryl methyl sites for hydroxylation is 1. The Hall–Kier alpha value is -2.86. The lowest BCUT2D eigenvalue weighted by Crippen LogP contribution is -2.35. The Kier molecular flexibility index (Phi) is 4.34. The maximum Gasteiger partial charge on any atom is 0.255 e. The second-order valence-electron chi connectivity index (χ2n) is 6.63. The number of halogens is 1. The van der Waals surface area contributed by atoms with Crippen molar-refractivity contribution < 1.29 is 4.39 Å². The summed E-state index contributed by atoms with van der Waals surface area (Å²) in [6.45, 7) is 3.80. The van der Waals surface area contributed by atoms with Crippen LogP contribution < -0.4 is 5.56 Å². The first-order chi connectivity index (χ1) is 12.6. The van der Waals surface area contributed by atoms with Gasteiger partial charge in [-0.1, -0.05) is 12.1 Å². The molecule has 0 fully saturated rings. The fraction of sp³-hybridized carbons (Fsp3) is 0.250. The summed E-state index contributed by atoms with van der Waals surface area (Å²) in [7, 11) is 0. The third-order valence-electron chi connectivity index (χ3n) is 4.71. The van der Waals surface area contributed by atoms with Crippen LogP contribution in [0.5, 0.6) is 0 Å². The standard InChI is InChI=1S/C20H19FN4O/c1-13-9-14(4-5-17(13)21)11-25-8-6-18-16(12-25)20(26)24-19(23-18)15-3-2-7-22-10-15/h2-5,7,9-10H,6,8,11-12H2,1H3,(H,23,24,26). The molecule has 6 heteroatoms. The molecule has 0 aliphatic carbocycles. The molecule has 5 nitrogen and oxygen atoms in total. The number of hydrogen-bond acceptors (Lipinski definition) is 4. The molecule has 0 saturated carbocycles. The van der Waals surface area contributed by atoms with Crippen molar-refractivity contribution >= 4 is 0 Å². The summed E-state index contributed by atoms with van der Waals surface area (Å²) in [5.41, 5.74) is 3.94. The van der Waals surface area contributed by atoms with Crippen molar-refractivity contribution in [2.75, 3.05) is 6.54 Å². The van der Waals surface area contributed by atoms with E-state index in [-0.39, 0.29) is 11.4 Å². The van der Waals surface area contributed by atoms with Crippen molar-refractivity contribution in [1.29, 1.82) is 0 Å². The molecule has 0 radical (unpaired) electrons. The number of hydrogen-bond donors (Lipinski definition) is 1. The Balaban J connectivity index is 1.57. The fourth-order valence-electron chi connectivity index (χ4n) is 3.32. The number of pyridine rings is 1. The van der Waals surface area contributed by atoms with Gasteiger partial charge in [-0.2, -0.15) is 0 Å². The quantitative estimate of drug-likeness (QED) is 0.789. The third-order valence-corrected chi connectivity index (χ3v) is 4.71. The van der Waals surface area contributed by atoms with Crippen LogP contribution in [0.3, 0.4) is 0 Å². The zero-order valence-corrected chi connectivity index (χ0v) is 14.5.